The highest BCUT2D eigenvalue weighted by molar-refractivity contribution is 6.03. The summed E-state index contributed by atoms with van der Waals surface area (Å²) in [5.74, 6) is 0.151. The van der Waals surface area contributed by atoms with E-state index in [1.165, 1.54) is 20.6 Å². The minimum absolute atomic E-state index is 0.0612. The lowest BCUT2D eigenvalue weighted by Gasteiger charge is -2.65. The van der Waals surface area contributed by atoms with Crippen LogP contribution in [0.1, 0.15) is 40.0 Å². The van der Waals surface area contributed by atoms with E-state index >= 15 is 0 Å². The Labute approximate surface area is 114 Å². The predicted octanol–water partition coefficient (Wildman–Crippen LogP) is 2.41. The van der Waals surface area contributed by atoms with E-state index in [1.54, 1.807) is 0 Å². The lowest BCUT2D eigenvalue weighted by molar-refractivity contribution is -0.238. The fourth-order valence-corrected chi connectivity index (χ4v) is 4.63. The van der Waals surface area contributed by atoms with Gasteiger partial charge < -0.3 is 9.47 Å². The molecule has 4 nitrogen and oxygen atoms in total. The molecule has 2 aliphatic carbocycles. The smallest absolute Gasteiger partial charge is 0.324 e. The molecule has 2 aliphatic rings. The van der Waals surface area contributed by atoms with Crippen LogP contribution in [0, 0.1) is 28.6 Å². The molecule has 0 aromatic rings. The maximum Gasteiger partial charge on any atom is 0.324 e. The van der Waals surface area contributed by atoms with Gasteiger partial charge in [0, 0.05) is 0 Å². The topological polar surface area (TPSA) is 52.6 Å². The average molecular weight is 268 g/mol. The molecule has 0 radical (unpaired) electrons. The Hall–Kier alpha value is -1.06. The van der Waals surface area contributed by atoms with Gasteiger partial charge in [0.15, 0.2) is 5.41 Å². The Bertz CT molecular complexity index is 383. The molecule has 108 valence electrons. The zero-order valence-electron chi connectivity index (χ0n) is 12.5. The summed E-state index contributed by atoms with van der Waals surface area (Å²) >= 11 is 0. The second-order valence-corrected chi connectivity index (χ2v) is 6.64. The summed E-state index contributed by atoms with van der Waals surface area (Å²) in [6.45, 7) is 6.18. The molecule has 4 heteroatoms. The fraction of sp³-hybridized carbons (Fsp3) is 0.867. The summed E-state index contributed by atoms with van der Waals surface area (Å²) in [5.41, 5.74) is -1.51. The van der Waals surface area contributed by atoms with E-state index < -0.39 is 22.8 Å². The van der Waals surface area contributed by atoms with Crippen LogP contribution >= 0.6 is 0 Å². The van der Waals surface area contributed by atoms with E-state index in [2.05, 4.69) is 6.92 Å². The molecule has 2 saturated carbocycles. The molecule has 0 amide bonds. The third-order valence-corrected chi connectivity index (χ3v) is 5.63. The highest BCUT2D eigenvalue weighted by Gasteiger charge is 2.76. The lowest BCUT2D eigenvalue weighted by Crippen LogP contribution is -2.71. The van der Waals surface area contributed by atoms with Crippen LogP contribution in [0.3, 0.4) is 0 Å². The van der Waals surface area contributed by atoms with Crippen molar-refractivity contribution in [2.24, 2.45) is 28.6 Å². The minimum Gasteiger partial charge on any atom is -0.468 e. The average Bonchev–Trinajstić information content (AvgIpc) is 2.38. The van der Waals surface area contributed by atoms with Gasteiger partial charge >= 0.3 is 11.9 Å². The van der Waals surface area contributed by atoms with Gasteiger partial charge in [-0.25, -0.2) is 0 Å². The van der Waals surface area contributed by atoms with Crippen molar-refractivity contribution in [2.45, 2.75) is 40.0 Å². The molecule has 2 rings (SSSR count). The number of hydrogen-bond acceptors (Lipinski definition) is 4. The Morgan fingerprint density at radius 1 is 1.00 bits per heavy atom. The van der Waals surface area contributed by atoms with E-state index in [9.17, 15) is 9.59 Å². The van der Waals surface area contributed by atoms with Crippen LogP contribution in [0.2, 0.25) is 0 Å². The van der Waals surface area contributed by atoms with Crippen molar-refractivity contribution in [1.29, 1.82) is 0 Å². The van der Waals surface area contributed by atoms with Gasteiger partial charge in [-0.2, -0.15) is 0 Å². The molecule has 0 unspecified atom stereocenters. The van der Waals surface area contributed by atoms with Gasteiger partial charge in [0.2, 0.25) is 0 Å². The molecule has 2 fully saturated rings. The summed E-state index contributed by atoms with van der Waals surface area (Å²) in [5, 5.41) is 0. The molecular formula is C15H24O4. The second-order valence-electron chi connectivity index (χ2n) is 6.64. The van der Waals surface area contributed by atoms with Crippen molar-refractivity contribution in [3.63, 3.8) is 0 Å². The molecule has 3 atom stereocenters. The van der Waals surface area contributed by atoms with Crippen LogP contribution in [0.4, 0.5) is 0 Å². The van der Waals surface area contributed by atoms with Gasteiger partial charge in [0.05, 0.1) is 14.2 Å². The van der Waals surface area contributed by atoms with Crippen LogP contribution in [0.25, 0.3) is 0 Å². The quantitative estimate of drug-likeness (QED) is 0.570. The summed E-state index contributed by atoms with van der Waals surface area (Å²) in [6.07, 6.45) is 3.15. The number of esters is 2. The van der Waals surface area contributed by atoms with Gasteiger partial charge in [0.25, 0.3) is 0 Å². The number of methoxy groups -OCH3 is 2. The van der Waals surface area contributed by atoms with Gasteiger partial charge in [-0.3, -0.25) is 9.59 Å². The molecule has 0 aromatic heterocycles. The van der Waals surface area contributed by atoms with E-state index in [0.717, 1.165) is 12.8 Å². The van der Waals surface area contributed by atoms with E-state index in [-0.39, 0.29) is 5.92 Å². The minimum atomic E-state index is -1.12. The molecule has 0 saturated heterocycles. The fourth-order valence-electron chi connectivity index (χ4n) is 4.63. The van der Waals surface area contributed by atoms with Crippen molar-refractivity contribution in [3.8, 4) is 0 Å². The van der Waals surface area contributed by atoms with Crippen LogP contribution in [0.5, 0.6) is 0 Å². The van der Waals surface area contributed by atoms with Crippen molar-refractivity contribution in [1.82, 2.24) is 0 Å². The molecule has 0 heterocycles. The third kappa shape index (κ3) is 1.58. The molecular weight excluding hydrogens is 244 g/mol. The largest absolute Gasteiger partial charge is 0.468 e. The highest BCUT2D eigenvalue weighted by Crippen LogP contribution is 2.70. The van der Waals surface area contributed by atoms with Crippen LogP contribution in [-0.4, -0.2) is 26.2 Å². The van der Waals surface area contributed by atoms with Gasteiger partial charge in [0.1, 0.15) is 0 Å². The SMILES string of the molecule is COC(=O)C1(C(=O)OC)[C@@H]2C[C@H](C)CC[C@H]2C1(C)C. The third-order valence-electron chi connectivity index (χ3n) is 5.63. The number of hydrogen-bond donors (Lipinski definition) is 0. The highest BCUT2D eigenvalue weighted by atomic mass is 16.5. The Balaban J connectivity index is 2.46. The Morgan fingerprint density at radius 3 is 2.00 bits per heavy atom. The van der Waals surface area contributed by atoms with Gasteiger partial charge in [-0.05, 0) is 36.0 Å². The first-order valence-electron chi connectivity index (χ1n) is 7.00. The van der Waals surface area contributed by atoms with E-state index in [1.807, 2.05) is 13.8 Å². The van der Waals surface area contributed by atoms with Crippen LogP contribution in [0.15, 0.2) is 0 Å². The summed E-state index contributed by atoms with van der Waals surface area (Å²) in [4.78, 5) is 24.7. The van der Waals surface area contributed by atoms with Crippen molar-refractivity contribution in [2.75, 3.05) is 14.2 Å². The number of ether oxygens (including phenoxy) is 2. The van der Waals surface area contributed by atoms with E-state index in [0.29, 0.717) is 11.8 Å². The standard InChI is InChI=1S/C15H24O4/c1-9-6-7-10-11(8-9)15(12(16)18-4,13(17)19-5)14(10,2)3/h9-11H,6-8H2,1-5H3/t9-,10-,11-/m1/s1. The van der Waals surface area contributed by atoms with Gasteiger partial charge in [-0.15, -0.1) is 0 Å². The first-order valence-corrected chi connectivity index (χ1v) is 7.00. The first-order chi connectivity index (χ1) is 8.83. The summed E-state index contributed by atoms with van der Waals surface area (Å²) < 4.78 is 9.92. The van der Waals surface area contributed by atoms with Gasteiger partial charge in [-0.1, -0.05) is 27.2 Å². The second kappa shape index (κ2) is 4.50. The van der Waals surface area contributed by atoms with E-state index in [4.69, 9.17) is 9.47 Å². The van der Waals surface area contributed by atoms with Crippen molar-refractivity contribution >= 4 is 11.9 Å². The number of carbonyl (C=O) groups excluding carboxylic acids is 2. The van der Waals surface area contributed by atoms with Crippen LogP contribution in [-0.2, 0) is 19.1 Å². The summed E-state index contributed by atoms with van der Waals surface area (Å²) in [6, 6.07) is 0. The molecule has 19 heavy (non-hydrogen) atoms. The number of carbonyl (C=O) groups is 2. The first kappa shape index (κ1) is 14.4. The molecule has 0 aromatic carbocycles. The molecule has 0 N–H and O–H groups in total. The van der Waals surface area contributed by atoms with Crippen LogP contribution < -0.4 is 0 Å². The Morgan fingerprint density at radius 2 is 1.53 bits per heavy atom. The maximum absolute atomic E-state index is 12.4. The molecule has 0 spiro atoms. The lowest BCUT2D eigenvalue weighted by atomic mass is 9.35. The number of rotatable bonds is 2. The maximum atomic E-state index is 12.4. The molecule has 0 bridgehead atoms. The van der Waals surface area contributed by atoms with Crippen molar-refractivity contribution < 1.29 is 19.1 Å². The zero-order valence-corrected chi connectivity index (χ0v) is 12.5. The number of fused-ring (bicyclic) bond motifs is 1. The zero-order chi connectivity index (χ0) is 14.4. The Kier molecular flexibility index (Phi) is 3.40. The normalized spacial score (nSPS) is 34.7. The molecule has 0 aliphatic heterocycles. The predicted molar refractivity (Wildman–Crippen MR) is 70.2 cm³/mol. The monoisotopic (exact) mass is 268 g/mol. The summed E-state index contributed by atoms with van der Waals surface area (Å²) in [7, 11) is 2.70. The van der Waals surface area contributed by atoms with Crippen molar-refractivity contribution in [3.05, 3.63) is 0 Å².